The number of carbonyl (C=O) groups is 1. The number of hydrogen-bond donors (Lipinski definition) is 1. The van der Waals surface area contributed by atoms with E-state index in [9.17, 15) is 4.79 Å². The fourth-order valence-electron chi connectivity index (χ4n) is 2.99. The van der Waals surface area contributed by atoms with E-state index in [0.29, 0.717) is 16.0 Å². The molecule has 1 heterocycles. The third-order valence-corrected chi connectivity index (χ3v) is 5.78. The van der Waals surface area contributed by atoms with Crippen LogP contribution in [0, 0.1) is 0 Å². The fraction of sp³-hybridized carbons (Fsp3) is 0.0833. The summed E-state index contributed by atoms with van der Waals surface area (Å²) in [5.41, 5.74) is 5.15. The molecule has 0 saturated carbocycles. The zero-order valence-electron chi connectivity index (χ0n) is 17.7. The summed E-state index contributed by atoms with van der Waals surface area (Å²) in [5.74, 6) is 1.31. The highest BCUT2D eigenvalue weighted by Crippen LogP contribution is 2.28. The molecule has 0 radical (unpaired) electrons. The Hall–Kier alpha value is -3.62. The molecule has 0 aliphatic carbocycles. The van der Waals surface area contributed by atoms with Gasteiger partial charge in [0.15, 0.2) is 11.0 Å². The summed E-state index contributed by atoms with van der Waals surface area (Å²) in [6.45, 7) is 0. The maximum atomic E-state index is 12.3. The number of nitrogens with one attached hydrogen (secondary N) is 1. The highest BCUT2D eigenvalue weighted by atomic mass is 35.5. The number of hydrazone groups is 1. The van der Waals surface area contributed by atoms with Gasteiger partial charge in [0.2, 0.25) is 0 Å². The zero-order chi connectivity index (χ0) is 23.0. The quantitative estimate of drug-likeness (QED) is 0.223. The monoisotopic (exact) mass is 477 g/mol. The number of carbonyl (C=O) groups excluding carboxylic acids is 1. The summed E-state index contributed by atoms with van der Waals surface area (Å²) >= 11 is 7.15. The number of benzene rings is 3. The number of hydrogen-bond acceptors (Lipinski definition) is 6. The first-order valence-corrected chi connectivity index (χ1v) is 11.4. The molecule has 0 atom stereocenters. The average Bonchev–Trinajstić information content (AvgIpc) is 3.28. The van der Waals surface area contributed by atoms with Crippen LogP contribution in [0.2, 0.25) is 5.02 Å². The molecule has 0 unspecified atom stereocenters. The van der Waals surface area contributed by atoms with Gasteiger partial charge in [-0.2, -0.15) is 5.10 Å². The van der Waals surface area contributed by atoms with Gasteiger partial charge in [-0.3, -0.25) is 9.36 Å². The number of methoxy groups -OCH3 is 1. The minimum atomic E-state index is -0.254. The average molecular weight is 478 g/mol. The van der Waals surface area contributed by atoms with Crippen molar-refractivity contribution in [1.29, 1.82) is 0 Å². The summed E-state index contributed by atoms with van der Waals surface area (Å²) in [5, 5.41) is 13.9. The van der Waals surface area contributed by atoms with Crippen molar-refractivity contribution in [2.45, 2.75) is 5.16 Å². The zero-order valence-corrected chi connectivity index (χ0v) is 19.3. The molecule has 1 aromatic heterocycles. The predicted molar refractivity (Wildman–Crippen MR) is 131 cm³/mol. The number of ether oxygens (including phenoxy) is 1. The molecule has 166 valence electrons. The molecule has 0 spiro atoms. The van der Waals surface area contributed by atoms with Crippen molar-refractivity contribution in [1.82, 2.24) is 20.2 Å². The molecule has 3 aromatic carbocycles. The highest BCUT2D eigenvalue weighted by Gasteiger charge is 2.17. The Morgan fingerprint density at radius 1 is 1.06 bits per heavy atom. The molecule has 0 aliphatic heterocycles. The Morgan fingerprint density at radius 2 is 1.79 bits per heavy atom. The number of thioether (sulfide) groups is 1. The molecule has 7 nitrogen and oxygen atoms in total. The van der Waals surface area contributed by atoms with E-state index in [2.05, 4.69) is 20.7 Å². The van der Waals surface area contributed by atoms with Gasteiger partial charge in [0, 0.05) is 16.3 Å². The van der Waals surface area contributed by atoms with Gasteiger partial charge >= 0.3 is 0 Å². The van der Waals surface area contributed by atoms with Gasteiger partial charge in [0.25, 0.3) is 5.91 Å². The van der Waals surface area contributed by atoms with Crippen molar-refractivity contribution in [2.24, 2.45) is 5.10 Å². The van der Waals surface area contributed by atoms with Crippen LogP contribution in [-0.2, 0) is 4.79 Å². The molecule has 33 heavy (non-hydrogen) atoms. The maximum absolute atomic E-state index is 12.3. The van der Waals surface area contributed by atoms with E-state index in [1.807, 2.05) is 71.3 Å². The number of amides is 1. The lowest BCUT2D eigenvalue weighted by atomic mass is 10.2. The van der Waals surface area contributed by atoms with E-state index in [4.69, 9.17) is 16.3 Å². The Labute approximate surface area is 200 Å². The molecule has 1 N–H and O–H groups in total. The third kappa shape index (κ3) is 5.79. The topological polar surface area (TPSA) is 81.4 Å². The Bertz CT molecular complexity index is 1240. The van der Waals surface area contributed by atoms with Crippen molar-refractivity contribution in [3.8, 4) is 22.8 Å². The summed E-state index contributed by atoms with van der Waals surface area (Å²) in [6, 6.07) is 24.5. The molecule has 0 fully saturated rings. The first kappa shape index (κ1) is 22.6. The van der Waals surface area contributed by atoms with Crippen LogP contribution in [0.3, 0.4) is 0 Å². The van der Waals surface area contributed by atoms with Crippen LogP contribution in [0.15, 0.2) is 89.1 Å². The Morgan fingerprint density at radius 3 is 2.48 bits per heavy atom. The van der Waals surface area contributed by atoms with Crippen molar-refractivity contribution in [3.05, 3.63) is 89.4 Å². The summed E-state index contributed by atoms with van der Waals surface area (Å²) in [7, 11) is 1.62. The minimum absolute atomic E-state index is 0.126. The van der Waals surface area contributed by atoms with Gasteiger partial charge in [-0.25, -0.2) is 5.43 Å². The Kier molecular flexibility index (Phi) is 7.39. The van der Waals surface area contributed by atoms with Crippen LogP contribution >= 0.6 is 23.4 Å². The number of halogens is 1. The van der Waals surface area contributed by atoms with Gasteiger partial charge in [0.05, 0.1) is 19.1 Å². The van der Waals surface area contributed by atoms with Gasteiger partial charge in [-0.15, -0.1) is 10.2 Å². The smallest absolute Gasteiger partial charge is 0.250 e. The van der Waals surface area contributed by atoms with Crippen LogP contribution < -0.4 is 10.2 Å². The van der Waals surface area contributed by atoms with E-state index < -0.39 is 0 Å². The number of nitrogens with zero attached hydrogens (tertiary/aromatic N) is 4. The van der Waals surface area contributed by atoms with Gasteiger partial charge in [-0.05, 0) is 42.0 Å². The van der Waals surface area contributed by atoms with E-state index in [-0.39, 0.29) is 11.7 Å². The highest BCUT2D eigenvalue weighted by molar-refractivity contribution is 7.99. The Balaban J connectivity index is 1.50. The lowest BCUT2D eigenvalue weighted by Crippen LogP contribution is -2.20. The molecule has 1 amide bonds. The summed E-state index contributed by atoms with van der Waals surface area (Å²) in [6.07, 6.45) is 1.56. The lowest BCUT2D eigenvalue weighted by molar-refractivity contribution is -0.118. The standard InChI is InChI=1S/C24H20ClN5O2S/c1-32-21-13-11-20(12-14-21)30-23(18-5-3-2-4-6-18)28-29-24(30)33-16-22(31)27-26-15-17-7-9-19(25)10-8-17/h2-15H,16H2,1H3,(H,27,31)/b26-15-. The molecular formula is C24H20ClN5O2S. The van der Waals surface area contributed by atoms with E-state index in [1.54, 1.807) is 25.5 Å². The molecule has 0 aliphatic rings. The first-order chi connectivity index (χ1) is 16.1. The van der Waals surface area contributed by atoms with Crippen molar-refractivity contribution in [2.75, 3.05) is 12.9 Å². The second-order valence-corrected chi connectivity index (χ2v) is 8.22. The molecule has 9 heteroatoms. The van der Waals surface area contributed by atoms with E-state index in [1.165, 1.54) is 11.8 Å². The number of rotatable bonds is 8. The van der Waals surface area contributed by atoms with Crippen molar-refractivity contribution in [3.63, 3.8) is 0 Å². The normalized spacial score (nSPS) is 11.0. The second-order valence-electron chi connectivity index (χ2n) is 6.84. The summed E-state index contributed by atoms with van der Waals surface area (Å²) < 4.78 is 7.19. The van der Waals surface area contributed by atoms with Crippen LogP contribution in [0.5, 0.6) is 5.75 Å². The number of aromatic nitrogens is 3. The van der Waals surface area contributed by atoms with E-state index in [0.717, 1.165) is 22.6 Å². The van der Waals surface area contributed by atoms with Crippen molar-refractivity contribution < 1.29 is 9.53 Å². The largest absolute Gasteiger partial charge is 0.497 e. The van der Waals surface area contributed by atoms with E-state index >= 15 is 0 Å². The lowest BCUT2D eigenvalue weighted by Gasteiger charge is -2.11. The maximum Gasteiger partial charge on any atom is 0.250 e. The van der Waals surface area contributed by atoms with Crippen LogP contribution in [0.1, 0.15) is 5.56 Å². The van der Waals surface area contributed by atoms with Crippen LogP contribution in [-0.4, -0.2) is 39.7 Å². The van der Waals surface area contributed by atoms with Crippen molar-refractivity contribution >= 4 is 35.5 Å². The predicted octanol–water partition coefficient (Wildman–Crippen LogP) is 4.84. The third-order valence-electron chi connectivity index (χ3n) is 4.60. The second kappa shape index (κ2) is 10.8. The molecule has 0 bridgehead atoms. The van der Waals surface area contributed by atoms with Gasteiger partial charge in [-0.1, -0.05) is 65.8 Å². The molecule has 4 aromatic rings. The molecular weight excluding hydrogens is 458 g/mol. The minimum Gasteiger partial charge on any atom is -0.497 e. The molecule has 0 saturated heterocycles. The van der Waals surface area contributed by atoms with Gasteiger partial charge in [0.1, 0.15) is 5.75 Å². The van der Waals surface area contributed by atoms with Gasteiger partial charge < -0.3 is 4.74 Å². The fourth-order valence-corrected chi connectivity index (χ4v) is 3.86. The van der Waals surface area contributed by atoms with Crippen LogP contribution in [0.25, 0.3) is 17.1 Å². The molecule has 4 rings (SSSR count). The van der Waals surface area contributed by atoms with Crippen LogP contribution in [0.4, 0.5) is 0 Å². The SMILES string of the molecule is COc1ccc(-n2c(SCC(=O)N/N=C\c3ccc(Cl)cc3)nnc2-c2ccccc2)cc1. The first-order valence-electron chi connectivity index (χ1n) is 9.99. The summed E-state index contributed by atoms with van der Waals surface area (Å²) in [4.78, 5) is 12.3.